The highest BCUT2D eigenvalue weighted by molar-refractivity contribution is 6.29. The van der Waals surface area contributed by atoms with E-state index in [1.165, 1.54) is 0 Å². The van der Waals surface area contributed by atoms with Crippen molar-refractivity contribution in [3.8, 4) is 0 Å². The van der Waals surface area contributed by atoms with Crippen LogP contribution in [-0.4, -0.2) is 35.2 Å². The van der Waals surface area contributed by atoms with E-state index in [1.54, 1.807) is 10.8 Å². The van der Waals surface area contributed by atoms with Gasteiger partial charge in [0.2, 0.25) is 5.91 Å². The molecule has 0 aliphatic heterocycles. The van der Waals surface area contributed by atoms with Gasteiger partial charge in [0, 0.05) is 13.6 Å². The van der Waals surface area contributed by atoms with E-state index in [1.807, 2.05) is 7.05 Å². The van der Waals surface area contributed by atoms with Crippen LogP contribution >= 0.6 is 11.6 Å². The van der Waals surface area contributed by atoms with Gasteiger partial charge < -0.3 is 20.4 Å². The number of nitrogens with one attached hydrogen (secondary N) is 1. The number of carbonyl (C=O) groups is 1. The monoisotopic (exact) mass is 246 g/mol. The largest absolute Gasteiger partial charge is 0.370 e. The summed E-state index contributed by atoms with van der Waals surface area (Å²) in [5, 5.41) is 3.71. The molecule has 1 aromatic heterocycles. The highest BCUT2D eigenvalue weighted by Crippen LogP contribution is 2.08. The summed E-state index contributed by atoms with van der Waals surface area (Å²) >= 11 is 5.82. The van der Waals surface area contributed by atoms with Gasteiger partial charge in [-0.3, -0.25) is 4.79 Å². The third-order valence-electron chi connectivity index (χ3n) is 1.98. The lowest BCUT2D eigenvalue weighted by molar-refractivity contribution is -0.122. The Hall–Kier alpha value is -1.11. The number of nitrogens with two attached hydrogens (primary N) is 1. The van der Waals surface area contributed by atoms with Crippen LogP contribution in [0.5, 0.6) is 0 Å². The Labute approximate surface area is 98.7 Å². The minimum atomic E-state index is -0.462. The van der Waals surface area contributed by atoms with Gasteiger partial charge in [0.25, 0.3) is 0 Å². The van der Waals surface area contributed by atoms with Crippen LogP contribution in [0.15, 0.2) is 6.20 Å². The fraction of sp³-hybridized carbons (Fsp3) is 0.556. The van der Waals surface area contributed by atoms with Gasteiger partial charge in [-0.2, -0.15) is 0 Å². The maximum absolute atomic E-state index is 10.3. The topological polar surface area (TPSA) is 82.2 Å². The molecular weight excluding hydrogens is 232 g/mol. The first-order valence-corrected chi connectivity index (χ1v) is 5.22. The maximum atomic E-state index is 10.3. The highest BCUT2D eigenvalue weighted by Gasteiger charge is 2.02. The quantitative estimate of drug-likeness (QED) is 0.645. The molecule has 3 N–H and O–H groups in total. The zero-order valence-corrected chi connectivity index (χ0v) is 9.83. The second-order valence-corrected chi connectivity index (χ2v) is 3.64. The van der Waals surface area contributed by atoms with Crippen LogP contribution in [0.4, 0.5) is 0 Å². The molecule has 0 saturated heterocycles. The minimum absolute atomic E-state index is 0.0457. The number of nitrogens with zero attached hydrogens (tertiary/aromatic N) is 2. The van der Waals surface area contributed by atoms with Gasteiger partial charge in [0.05, 0.1) is 19.3 Å². The molecule has 0 spiro atoms. The van der Waals surface area contributed by atoms with Crippen LogP contribution in [0.2, 0.25) is 5.15 Å². The van der Waals surface area contributed by atoms with Crippen LogP contribution in [0.25, 0.3) is 0 Å². The molecule has 0 aliphatic carbocycles. The molecule has 0 bridgehead atoms. The first-order valence-electron chi connectivity index (χ1n) is 4.84. The minimum Gasteiger partial charge on any atom is -0.370 e. The molecule has 0 atom stereocenters. The van der Waals surface area contributed by atoms with E-state index in [2.05, 4.69) is 10.3 Å². The zero-order chi connectivity index (χ0) is 12.0. The Morgan fingerprint density at radius 1 is 1.75 bits per heavy atom. The SMILES string of the molecule is Cn1c(Cl)cnc1CNCCOCC(N)=O. The number of rotatable bonds is 7. The van der Waals surface area contributed by atoms with E-state index >= 15 is 0 Å². The van der Waals surface area contributed by atoms with Crippen molar-refractivity contribution < 1.29 is 9.53 Å². The second-order valence-electron chi connectivity index (χ2n) is 3.25. The first kappa shape index (κ1) is 13.0. The normalized spacial score (nSPS) is 10.6. The molecule has 1 aromatic rings. The van der Waals surface area contributed by atoms with E-state index in [0.29, 0.717) is 24.8 Å². The summed E-state index contributed by atoms with van der Waals surface area (Å²) in [6.45, 7) is 1.61. The molecule has 0 aliphatic rings. The Morgan fingerprint density at radius 2 is 2.50 bits per heavy atom. The van der Waals surface area contributed by atoms with Crippen molar-refractivity contribution in [1.82, 2.24) is 14.9 Å². The molecule has 0 saturated carbocycles. The summed E-state index contributed by atoms with van der Waals surface area (Å²) in [4.78, 5) is 14.5. The lowest BCUT2D eigenvalue weighted by atomic mass is 10.5. The highest BCUT2D eigenvalue weighted by atomic mass is 35.5. The lowest BCUT2D eigenvalue weighted by Gasteiger charge is -2.05. The molecule has 0 fully saturated rings. The number of ether oxygens (including phenoxy) is 1. The number of hydrogen-bond donors (Lipinski definition) is 2. The number of amides is 1. The first-order chi connectivity index (χ1) is 7.61. The van der Waals surface area contributed by atoms with Gasteiger partial charge in [-0.15, -0.1) is 0 Å². The smallest absolute Gasteiger partial charge is 0.243 e. The summed E-state index contributed by atoms with van der Waals surface area (Å²) in [6.07, 6.45) is 1.60. The molecule has 7 heteroatoms. The van der Waals surface area contributed by atoms with E-state index in [9.17, 15) is 4.79 Å². The van der Waals surface area contributed by atoms with Gasteiger partial charge in [-0.25, -0.2) is 4.98 Å². The second kappa shape index (κ2) is 6.47. The predicted octanol–water partition coefficient (Wildman–Crippen LogP) is -0.335. The average Bonchev–Trinajstić information content (AvgIpc) is 2.54. The number of carbonyl (C=O) groups excluding carboxylic acids is 1. The van der Waals surface area contributed by atoms with Gasteiger partial charge in [0.15, 0.2) is 0 Å². The zero-order valence-electron chi connectivity index (χ0n) is 9.07. The molecule has 16 heavy (non-hydrogen) atoms. The van der Waals surface area contributed by atoms with E-state index in [0.717, 1.165) is 5.82 Å². The molecule has 6 nitrogen and oxygen atoms in total. The molecule has 0 unspecified atom stereocenters. The molecule has 1 rings (SSSR count). The summed E-state index contributed by atoms with van der Waals surface area (Å²) in [7, 11) is 1.84. The number of hydrogen-bond acceptors (Lipinski definition) is 4. The molecular formula is C9H15ClN4O2. The number of primary amides is 1. The van der Waals surface area contributed by atoms with Crippen molar-refractivity contribution in [1.29, 1.82) is 0 Å². The Balaban J connectivity index is 2.12. The van der Waals surface area contributed by atoms with Gasteiger partial charge in [0.1, 0.15) is 17.6 Å². The van der Waals surface area contributed by atoms with Crippen LogP contribution in [0.1, 0.15) is 5.82 Å². The lowest BCUT2D eigenvalue weighted by Crippen LogP contribution is -2.24. The summed E-state index contributed by atoms with van der Waals surface area (Å²) in [6, 6.07) is 0. The van der Waals surface area contributed by atoms with Crippen molar-refractivity contribution in [3.05, 3.63) is 17.2 Å². The molecule has 1 amide bonds. The standard InChI is InChI=1S/C9H15ClN4O2/c1-14-7(10)4-13-9(14)5-12-2-3-16-6-8(11)15/h4,12H,2-3,5-6H2,1H3,(H2,11,15). The van der Waals surface area contributed by atoms with Crippen molar-refractivity contribution >= 4 is 17.5 Å². The van der Waals surface area contributed by atoms with Crippen molar-refractivity contribution in [2.75, 3.05) is 19.8 Å². The van der Waals surface area contributed by atoms with Gasteiger partial charge >= 0.3 is 0 Å². The van der Waals surface area contributed by atoms with Crippen LogP contribution in [0.3, 0.4) is 0 Å². The Bertz CT molecular complexity index is 353. The van der Waals surface area contributed by atoms with Crippen molar-refractivity contribution in [3.63, 3.8) is 0 Å². The average molecular weight is 247 g/mol. The summed E-state index contributed by atoms with van der Waals surface area (Å²) < 4.78 is 6.77. The molecule has 0 aromatic carbocycles. The number of imidazole rings is 1. The van der Waals surface area contributed by atoms with Crippen molar-refractivity contribution in [2.24, 2.45) is 12.8 Å². The third kappa shape index (κ3) is 4.18. The Morgan fingerprint density at radius 3 is 3.06 bits per heavy atom. The molecule has 90 valence electrons. The third-order valence-corrected chi connectivity index (χ3v) is 2.33. The molecule has 0 radical (unpaired) electrons. The summed E-state index contributed by atoms with van der Waals surface area (Å²) in [5.41, 5.74) is 4.91. The van der Waals surface area contributed by atoms with Crippen LogP contribution in [0, 0.1) is 0 Å². The van der Waals surface area contributed by atoms with Crippen LogP contribution in [-0.2, 0) is 23.1 Å². The van der Waals surface area contributed by atoms with Crippen LogP contribution < -0.4 is 11.1 Å². The maximum Gasteiger partial charge on any atom is 0.243 e. The fourth-order valence-electron chi connectivity index (χ4n) is 1.11. The summed E-state index contributed by atoms with van der Waals surface area (Å²) in [5.74, 6) is 0.385. The fourth-order valence-corrected chi connectivity index (χ4v) is 1.25. The number of halogens is 1. The predicted molar refractivity (Wildman–Crippen MR) is 59.9 cm³/mol. The van der Waals surface area contributed by atoms with Gasteiger partial charge in [-0.1, -0.05) is 11.6 Å². The van der Waals surface area contributed by atoms with Crippen molar-refractivity contribution in [2.45, 2.75) is 6.54 Å². The Kier molecular flexibility index (Phi) is 5.24. The van der Waals surface area contributed by atoms with E-state index < -0.39 is 5.91 Å². The van der Waals surface area contributed by atoms with E-state index in [4.69, 9.17) is 22.1 Å². The van der Waals surface area contributed by atoms with E-state index in [-0.39, 0.29) is 6.61 Å². The molecule has 1 heterocycles. The number of aromatic nitrogens is 2. The van der Waals surface area contributed by atoms with Gasteiger partial charge in [-0.05, 0) is 0 Å².